The van der Waals surface area contributed by atoms with E-state index in [0.717, 1.165) is 6.42 Å². The molecule has 1 aromatic heterocycles. The molecule has 0 aliphatic carbocycles. The van der Waals surface area contributed by atoms with Crippen molar-refractivity contribution in [3.63, 3.8) is 0 Å². The van der Waals surface area contributed by atoms with Gasteiger partial charge in [0.05, 0.1) is 0 Å². The van der Waals surface area contributed by atoms with Crippen molar-refractivity contribution in [3.8, 4) is 0 Å². The van der Waals surface area contributed by atoms with E-state index in [1.807, 2.05) is 11.3 Å². The molecule has 0 bridgehead atoms. The molecule has 1 heterocycles. The van der Waals surface area contributed by atoms with Crippen molar-refractivity contribution in [2.24, 2.45) is 0 Å². The van der Waals surface area contributed by atoms with Gasteiger partial charge >= 0.3 is 0 Å². The Labute approximate surface area is 138 Å². The fourth-order valence-corrected chi connectivity index (χ4v) is 3.94. The second kappa shape index (κ2) is 5.09. The van der Waals surface area contributed by atoms with Crippen molar-refractivity contribution in [3.05, 3.63) is 47.5 Å². The lowest BCUT2D eigenvalue weighted by molar-refractivity contribution is 0.507. The van der Waals surface area contributed by atoms with E-state index >= 15 is 0 Å². The first-order chi connectivity index (χ1) is 10.2. The molecule has 0 atom stereocenters. The molecule has 3 aromatic rings. The largest absolute Gasteiger partial charge is 0.135 e. The van der Waals surface area contributed by atoms with Gasteiger partial charge in [-0.15, -0.1) is 11.3 Å². The van der Waals surface area contributed by atoms with Crippen LogP contribution in [0.3, 0.4) is 0 Å². The van der Waals surface area contributed by atoms with Crippen molar-refractivity contribution < 1.29 is 0 Å². The second-order valence-electron chi connectivity index (χ2n) is 8.01. The van der Waals surface area contributed by atoms with Crippen LogP contribution in [0.5, 0.6) is 0 Å². The first-order valence-electron chi connectivity index (χ1n) is 8.19. The van der Waals surface area contributed by atoms with Gasteiger partial charge in [0.1, 0.15) is 0 Å². The molecule has 3 rings (SSSR count). The number of rotatable bonds is 2. The van der Waals surface area contributed by atoms with E-state index in [1.165, 1.54) is 31.3 Å². The van der Waals surface area contributed by atoms with E-state index in [1.54, 1.807) is 0 Å². The van der Waals surface area contributed by atoms with E-state index in [4.69, 9.17) is 0 Å². The van der Waals surface area contributed by atoms with Gasteiger partial charge in [-0.05, 0) is 52.6 Å². The molecule has 0 N–H and O–H groups in total. The van der Waals surface area contributed by atoms with Gasteiger partial charge in [0.15, 0.2) is 0 Å². The SMILES string of the molecule is CCC(C)(C)c1ccc2sc3ccc(C(C)(C)C)cc3c2c1. The van der Waals surface area contributed by atoms with Gasteiger partial charge in [-0.1, -0.05) is 53.7 Å². The highest BCUT2D eigenvalue weighted by Gasteiger charge is 2.20. The summed E-state index contributed by atoms with van der Waals surface area (Å²) in [6.07, 6.45) is 1.16. The number of fused-ring (bicyclic) bond motifs is 3. The van der Waals surface area contributed by atoms with Crippen LogP contribution in [0, 0.1) is 0 Å². The summed E-state index contributed by atoms with van der Waals surface area (Å²) in [5, 5.41) is 2.84. The van der Waals surface area contributed by atoms with E-state index in [0.29, 0.717) is 0 Å². The van der Waals surface area contributed by atoms with Gasteiger partial charge in [-0.25, -0.2) is 0 Å². The van der Waals surface area contributed by atoms with Crippen LogP contribution in [0.4, 0.5) is 0 Å². The Bertz CT molecular complexity index is 828. The molecule has 0 aliphatic heterocycles. The van der Waals surface area contributed by atoms with E-state index in [-0.39, 0.29) is 10.8 Å². The Morgan fingerprint density at radius 3 is 1.77 bits per heavy atom. The van der Waals surface area contributed by atoms with Crippen molar-refractivity contribution in [2.75, 3.05) is 0 Å². The van der Waals surface area contributed by atoms with Gasteiger partial charge in [-0.3, -0.25) is 0 Å². The van der Waals surface area contributed by atoms with E-state index in [2.05, 4.69) is 77.9 Å². The summed E-state index contributed by atoms with van der Waals surface area (Å²) in [5.41, 5.74) is 3.30. The van der Waals surface area contributed by atoms with Crippen molar-refractivity contribution in [2.45, 2.75) is 58.8 Å². The smallest absolute Gasteiger partial charge is 0.0355 e. The highest BCUT2D eigenvalue weighted by molar-refractivity contribution is 7.25. The van der Waals surface area contributed by atoms with Crippen LogP contribution in [0.1, 0.15) is 59.1 Å². The topological polar surface area (TPSA) is 0 Å². The fourth-order valence-electron chi connectivity index (χ4n) is 2.87. The molecule has 116 valence electrons. The standard InChI is InChI=1S/C21H26S/c1-7-21(5,6)15-9-11-19-17(13-15)16-12-14(20(2,3)4)8-10-18(16)22-19/h8-13H,7H2,1-6H3. The van der Waals surface area contributed by atoms with Crippen LogP contribution < -0.4 is 0 Å². The van der Waals surface area contributed by atoms with Gasteiger partial charge < -0.3 is 0 Å². The number of benzene rings is 2. The maximum Gasteiger partial charge on any atom is 0.0355 e. The molecule has 2 aromatic carbocycles. The van der Waals surface area contributed by atoms with E-state index < -0.39 is 0 Å². The molecular formula is C21H26S. The van der Waals surface area contributed by atoms with Crippen LogP contribution >= 0.6 is 11.3 Å². The predicted molar refractivity (Wildman–Crippen MR) is 101 cm³/mol. The maximum atomic E-state index is 2.42. The number of hydrogen-bond acceptors (Lipinski definition) is 1. The number of hydrogen-bond donors (Lipinski definition) is 0. The van der Waals surface area contributed by atoms with Crippen molar-refractivity contribution in [1.82, 2.24) is 0 Å². The first kappa shape index (κ1) is 15.6. The molecule has 0 saturated carbocycles. The summed E-state index contributed by atoms with van der Waals surface area (Å²) in [6, 6.07) is 14.0. The van der Waals surface area contributed by atoms with Crippen LogP contribution in [0.2, 0.25) is 0 Å². The summed E-state index contributed by atoms with van der Waals surface area (Å²) >= 11 is 1.91. The van der Waals surface area contributed by atoms with Gasteiger partial charge in [0, 0.05) is 20.2 Å². The summed E-state index contributed by atoms with van der Waals surface area (Å²) in [7, 11) is 0. The summed E-state index contributed by atoms with van der Waals surface area (Å²) in [4.78, 5) is 0. The fraction of sp³-hybridized carbons (Fsp3) is 0.429. The van der Waals surface area contributed by atoms with Crippen LogP contribution in [0.25, 0.3) is 20.2 Å². The molecule has 0 amide bonds. The third-order valence-corrected chi connectivity index (χ3v) is 6.15. The summed E-state index contributed by atoms with van der Waals surface area (Å²) in [6.45, 7) is 13.8. The number of thiophene rings is 1. The van der Waals surface area contributed by atoms with Crippen molar-refractivity contribution in [1.29, 1.82) is 0 Å². The van der Waals surface area contributed by atoms with Crippen LogP contribution in [0.15, 0.2) is 36.4 Å². The van der Waals surface area contributed by atoms with Gasteiger partial charge in [-0.2, -0.15) is 0 Å². The minimum atomic E-state index is 0.197. The molecule has 0 radical (unpaired) electrons. The monoisotopic (exact) mass is 310 g/mol. The Kier molecular flexibility index (Phi) is 3.60. The third-order valence-electron chi connectivity index (χ3n) is 5.00. The first-order valence-corrected chi connectivity index (χ1v) is 9.01. The summed E-state index contributed by atoms with van der Waals surface area (Å²) in [5.74, 6) is 0. The lowest BCUT2D eigenvalue weighted by Crippen LogP contribution is -2.14. The highest BCUT2D eigenvalue weighted by atomic mass is 32.1. The Morgan fingerprint density at radius 2 is 1.27 bits per heavy atom. The highest BCUT2D eigenvalue weighted by Crippen LogP contribution is 2.39. The molecule has 0 fully saturated rings. The zero-order chi connectivity index (χ0) is 16.1. The molecular weight excluding hydrogens is 284 g/mol. The average Bonchev–Trinajstić information content (AvgIpc) is 2.83. The lowest BCUT2D eigenvalue weighted by atomic mass is 9.81. The minimum Gasteiger partial charge on any atom is -0.135 e. The molecule has 0 unspecified atom stereocenters. The predicted octanol–water partition coefficient (Wildman–Crippen LogP) is 7.04. The molecule has 0 spiro atoms. The van der Waals surface area contributed by atoms with Gasteiger partial charge in [0.25, 0.3) is 0 Å². The summed E-state index contributed by atoms with van der Waals surface area (Å²) < 4.78 is 2.80. The lowest BCUT2D eigenvalue weighted by Gasteiger charge is -2.23. The third kappa shape index (κ3) is 2.56. The molecule has 0 aliphatic rings. The normalized spacial score (nSPS) is 13.2. The zero-order valence-electron chi connectivity index (χ0n) is 14.6. The molecule has 1 heteroatoms. The Morgan fingerprint density at radius 1 is 0.773 bits per heavy atom. The maximum absolute atomic E-state index is 2.42. The molecule has 0 saturated heterocycles. The van der Waals surface area contributed by atoms with Crippen LogP contribution in [-0.2, 0) is 10.8 Å². The Hall–Kier alpha value is -1.34. The quantitative estimate of drug-likeness (QED) is 0.476. The zero-order valence-corrected chi connectivity index (χ0v) is 15.4. The van der Waals surface area contributed by atoms with Crippen LogP contribution in [-0.4, -0.2) is 0 Å². The second-order valence-corrected chi connectivity index (χ2v) is 9.10. The van der Waals surface area contributed by atoms with E-state index in [9.17, 15) is 0 Å². The molecule has 0 nitrogen and oxygen atoms in total. The van der Waals surface area contributed by atoms with Crippen molar-refractivity contribution >= 4 is 31.5 Å². The molecule has 22 heavy (non-hydrogen) atoms. The minimum absolute atomic E-state index is 0.197. The van der Waals surface area contributed by atoms with Gasteiger partial charge in [0.2, 0.25) is 0 Å². The Balaban J connectivity index is 2.28. The average molecular weight is 311 g/mol.